The molecule has 0 fully saturated rings. The van der Waals surface area contributed by atoms with Crippen LogP contribution in [-0.2, 0) is 9.59 Å². The van der Waals surface area contributed by atoms with Gasteiger partial charge in [-0.1, -0.05) is 49.2 Å². The predicted molar refractivity (Wildman–Crippen MR) is 97.9 cm³/mol. The molecule has 0 atom stereocenters. The Labute approximate surface area is 151 Å². The first-order valence-corrected chi connectivity index (χ1v) is 8.31. The molecule has 2 aromatic rings. The smallest absolute Gasteiger partial charge is 0.338 e. The molecule has 0 unspecified atom stereocenters. The second-order valence-corrected chi connectivity index (χ2v) is 6.42. The summed E-state index contributed by atoms with van der Waals surface area (Å²) in [7, 11) is 0. The van der Waals surface area contributed by atoms with E-state index in [0.717, 1.165) is 9.79 Å². The molecule has 0 spiro atoms. The summed E-state index contributed by atoms with van der Waals surface area (Å²) in [6.45, 7) is 10.3. The Morgan fingerprint density at radius 2 is 1.12 bits per heavy atom. The molecule has 0 saturated carbocycles. The Bertz CT molecular complexity index is 770. The molecular formula is C20H18O4S. The van der Waals surface area contributed by atoms with Crippen LogP contribution in [-0.4, -0.2) is 11.9 Å². The molecule has 0 aliphatic rings. The highest BCUT2D eigenvalue weighted by atomic mass is 32.2. The van der Waals surface area contributed by atoms with Crippen LogP contribution in [0.5, 0.6) is 11.5 Å². The van der Waals surface area contributed by atoms with Gasteiger partial charge in [-0.2, -0.15) is 0 Å². The lowest BCUT2D eigenvalue weighted by atomic mass is 10.3. The van der Waals surface area contributed by atoms with Gasteiger partial charge in [0.15, 0.2) is 0 Å². The number of para-hydroxylation sites is 2. The highest BCUT2D eigenvalue weighted by molar-refractivity contribution is 7.99. The molecule has 0 heterocycles. The topological polar surface area (TPSA) is 52.6 Å². The van der Waals surface area contributed by atoms with E-state index in [9.17, 15) is 9.59 Å². The van der Waals surface area contributed by atoms with Crippen molar-refractivity contribution >= 4 is 23.7 Å². The van der Waals surface area contributed by atoms with E-state index in [1.807, 2.05) is 24.3 Å². The number of esters is 2. The van der Waals surface area contributed by atoms with E-state index in [1.54, 1.807) is 38.1 Å². The quantitative estimate of drug-likeness (QED) is 0.424. The lowest BCUT2D eigenvalue weighted by Crippen LogP contribution is -2.09. The molecule has 2 rings (SSSR count). The SMILES string of the molecule is C=C(C)C(=O)Oc1ccccc1Sc1ccccc1OC(=O)C(=C)C. The van der Waals surface area contributed by atoms with Crippen LogP contribution in [0.4, 0.5) is 0 Å². The maximum absolute atomic E-state index is 11.8. The van der Waals surface area contributed by atoms with Crippen molar-refractivity contribution in [1.82, 2.24) is 0 Å². The molecule has 0 radical (unpaired) electrons. The number of ether oxygens (including phenoxy) is 2. The number of carbonyl (C=O) groups is 2. The van der Waals surface area contributed by atoms with Gasteiger partial charge in [-0.15, -0.1) is 0 Å². The van der Waals surface area contributed by atoms with Gasteiger partial charge in [0.05, 0.1) is 9.79 Å². The molecule has 4 nitrogen and oxygen atoms in total. The van der Waals surface area contributed by atoms with Crippen molar-refractivity contribution < 1.29 is 19.1 Å². The summed E-state index contributed by atoms with van der Waals surface area (Å²) in [6.07, 6.45) is 0. The molecule has 0 saturated heterocycles. The third kappa shape index (κ3) is 5.09. The van der Waals surface area contributed by atoms with Gasteiger partial charge in [0.1, 0.15) is 11.5 Å². The molecule has 0 bridgehead atoms. The second kappa shape index (κ2) is 8.35. The summed E-state index contributed by atoms with van der Waals surface area (Å²) < 4.78 is 10.7. The predicted octanol–water partition coefficient (Wildman–Crippen LogP) is 4.80. The van der Waals surface area contributed by atoms with E-state index < -0.39 is 11.9 Å². The standard InChI is InChI=1S/C20H18O4S/c1-13(2)19(21)23-15-9-5-7-11-17(15)25-18-12-8-6-10-16(18)24-20(22)14(3)4/h5-12H,1,3H2,2,4H3. The lowest BCUT2D eigenvalue weighted by molar-refractivity contribution is -0.131. The van der Waals surface area contributed by atoms with E-state index in [4.69, 9.17) is 9.47 Å². The Kier molecular flexibility index (Phi) is 6.19. The van der Waals surface area contributed by atoms with Gasteiger partial charge < -0.3 is 9.47 Å². The highest BCUT2D eigenvalue weighted by Gasteiger charge is 2.14. The van der Waals surface area contributed by atoms with Crippen LogP contribution in [0.3, 0.4) is 0 Å². The van der Waals surface area contributed by atoms with Crippen LogP contribution >= 0.6 is 11.8 Å². The number of hydrogen-bond donors (Lipinski definition) is 0. The number of rotatable bonds is 6. The zero-order valence-electron chi connectivity index (χ0n) is 14.1. The van der Waals surface area contributed by atoms with Gasteiger partial charge >= 0.3 is 11.9 Å². The van der Waals surface area contributed by atoms with Crippen LogP contribution in [0, 0.1) is 0 Å². The zero-order chi connectivity index (χ0) is 18.4. The molecule has 0 aromatic heterocycles. The molecular weight excluding hydrogens is 336 g/mol. The largest absolute Gasteiger partial charge is 0.422 e. The molecule has 0 aliphatic carbocycles. The molecule has 2 aromatic carbocycles. The van der Waals surface area contributed by atoms with Crippen LogP contribution in [0.1, 0.15) is 13.8 Å². The van der Waals surface area contributed by atoms with Crippen molar-refractivity contribution in [2.75, 3.05) is 0 Å². The summed E-state index contributed by atoms with van der Waals surface area (Å²) in [5, 5.41) is 0. The van der Waals surface area contributed by atoms with Gasteiger partial charge in [0, 0.05) is 11.1 Å². The monoisotopic (exact) mass is 354 g/mol. The molecule has 5 heteroatoms. The summed E-state index contributed by atoms with van der Waals surface area (Å²) in [5.74, 6) is -0.145. The summed E-state index contributed by atoms with van der Waals surface area (Å²) in [6, 6.07) is 14.3. The fourth-order valence-electron chi connectivity index (χ4n) is 1.73. The van der Waals surface area contributed by atoms with E-state index in [0.29, 0.717) is 22.6 Å². The first-order chi connectivity index (χ1) is 11.9. The van der Waals surface area contributed by atoms with Crippen LogP contribution in [0.25, 0.3) is 0 Å². The first-order valence-electron chi connectivity index (χ1n) is 7.49. The van der Waals surface area contributed by atoms with Gasteiger partial charge in [-0.25, -0.2) is 9.59 Å². The van der Waals surface area contributed by atoms with Crippen molar-refractivity contribution in [3.8, 4) is 11.5 Å². The van der Waals surface area contributed by atoms with Crippen molar-refractivity contribution in [1.29, 1.82) is 0 Å². The van der Waals surface area contributed by atoms with Crippen molar-refractivity contribution in [3.63, 3.8) is 0 Å². The van der Waals surface area contributed by atoms with Crippen LogP contribution in [0.15, 0.2) is 82.6 Å². The van der Waals surface area contributed by atoms with Gasteiger partial charge in [-0.05, 0) is 38.1 Å². The summed E-state index contributed by atoms with van der Waals surface area (Å²) in [4.78, 5) is 25.0. The number of hydrogen-bond acceptors (Lipinski definition) is 5. The van der Waals surface area contributed by atoms with E-state index >= 15 is 0 Å². The average molecular weight is 354 g/mol. The van der Waals surface area contributed by atoms with Crippen LogP contribution in [0.2, 0.25) is 0 Å². The van der Waals surface area contributed by atoms with Crippen LogP contribution < -0.4 is 9.47 Å². The maximum Gasteiger partial charge on any atom is 0.338 e. The lowest BCUT2D eigenvalue weighted by Gasteiger charge is -2.12. The Morgan fingerprint density at radius 1 is 0.760 bits per heavy atom. The van der Waals surface area contributed by atoms with Crippen molar-refractivity contribution in [2.45, 2.75) is 23.6 Å². The van der Waals surface area contributed by atoms with Gasteiger partial charge in [-0.3, -0.25) is 0 Å². The molecule has 0 N–H and O–H groups in total. The molecule has 0 amide bonds. The molecule has 0 aliphatic heterocycles. The number of carbonyl (C=O) groups excluding carboxylic acids is 2. The van der Waals surface area contributed by atoms with E-state index in [2.05, 4.69) is 13.2 Å². The third-order valence-corrected chi connectivity index (χ3v) is 4.13. The van der Waals surface area contributed by atoms with Crippen molar-refractivity contribution in [3.05, 3.63) is 72.8 Å². The molecule has 25 heavy (non-hydrogen) atoms. The fraction of sp³-hybridized carbons (Fsp3) is 0.100. The average Bonchev–Trinajstić information content (AvgIpc) is 2.58. The summed E-state index contributed by atoms with van der Waals surface area (Å²) in [5.41, 5.74) is 0.631. The normalized spacial score (nSPS) is 10.0. The minimum atomic E-state index is -0.491. The third-order valence-electron chi connectivity index (χ3n) is 3.02. The second-order valence-electron chi connectivity index (χ2n) is 5.34. The molecule has 128 valence electrons. The Hall–Kier alpha value is -2.79. The number of benzene rings is 2. The fourth-order valence-corrected chi connectivity index (χ4v) is 2.68. The zero-order valence-corrected chi connectivity index (χ0v) is 14.9. The highest BCUT2D eigenvalue weighted by Crippen LogP contribution is 2.39. The Balaban J connectivity index is 2.29. The Morgan fingerprint density at radius 3 is 1.48 bits per heavy atom. The summed E-state index contributed by atoms with van der Waals surface area (Å²) >= 11 is 1.33. The van der Waals surface area contributed by atoms with Gasteiger partial charge in [0.2, 0.25) is 0 Å². The van der Waals surface area contributed by atoms with Crippen molar-refractivity contribution in [2.24, 2.45) is 0 Å². The van der Waals surface area contributed by atoms with Gasteiger partial charge in [0.25, 0.3) is 0 Å². The minimum absolute atomic E-state index is 0.315. The van der Waals surface area contributed by atoms with E-state index in [-0.39, 0.29) is 0 Å². The first kappa shape index (κ1) is 18.5. The minimum Gasteiger partial charge on any atom is -0.422 e. The van der Waals surface area contributed by atoms with E-state index in [1.165, 1.54) is 11.8 Å². The maximum atomic E-state index is 11.8.